The Kier molecular flexibility index (Phi) is 5.97. The van der Waals surface area contributed by atoms with E-state index in [0.717, 1.165) is 33.0 Å². The third-order valence-electron chi connectivity index (χ3n) is 3.17. The number of hydrogen-bond donors (Lipinski definition) is 0. The molecule has 0 spiro atoms. The number of hydrogen-bond acceptors (Lipinski definition) is 2. The van der Waals surface area contributed by atoms with Crippen LogP contribution in [0.3, 0.4) is 0 Å². The van der Waals surface area contributed by atoms with Crippen molar-refractivity contribution in [2.45, 2.75) is 11.2 Å². The second kappa shape index (κ2) is 7.52. The van der Waals surface area contributed by atoms with Crippen molar-refractivity contribution < 1.29 is 9.47 Å². The molecular weight excluding hydrogens is 419 g/mol. The van der Waals surface area contributed by atoms with E-state index >= 15 is 0 Å². The molecule has 112 valence electrons. The Labute approximate surface area is 146 Å². The minimum absolute atomic E-state index is 0.121. The zero-order valence-corrected chi connectivity index (χ0v) is 15.6. The van der Waals surface area contributed by atoms with Gasteiger partial charge in [0, 0.05) is 15.4 Å². The van der Waals surface area contributed by atoms with Crippen molar-refractivity contribution in [3.8, 4) is 11.5 Å². The number of ether oxygens (including phenoxy) is 2. The average molecular weight is 435 g/mol. The first-order chi connectivity index (χ1) is 10.0. The van der Waals surface area contributed by atoms with Crippen LogP contribution in [-0.2, 0) is 6.42 Å². The zero-order valence-electron chi connectivity index (χ0n) is 11.7. The Hall–Kier alpha value is -0.710. The molecule has 0 heterocycles. The van der Waals surface area contributed by atoms with Crippen molar-refractivity contribution in [2.24, 2.45) is 0 Å². The summed E-state index contributed by atoms with van der Waals surface area (Å²) in [5.41, 5.74) is 2.25. The molecule has 0 aliphatic heterocycles. The lowest BCUT2D eigenvalue weighted by Crippen LogP contribution is -2.00. The number of benzene rings is 2. The van der Waals surface area contributed by atoms with Crippen molar-refractivity contribution in [3.05, 3.63) is 57.0 Å². The molecule has 0 N–H and O–H groups in total. The fourth-order valence-electron chi connectivity index (χ4n) is 2.07. The van der Waals surface area contributed by atoms with E-state index < -0.39 is 0 Å². The van der Waals surface area contributed by atoms with Crippen LogP contribution < -0.4 is 9.47 Å². The molecule has 0 amide bonds. The molecule has 1 unspecified atom stereocenters. The van der Waals surface area contributed by atoms with E-state index in [0.29, 0.717) is 0 Å². The van der Waals surface area contributed by atoms with Crippen LogP contribution in [-0.4, -0.2) is 14.2 Å². The Balaban J connectivity index is 2.29. The Morgan fingerprint density at radius 3 is 2.24 bits per heavy atom. The largest absolute Gasteiger partial charge is 0.496 e. The second-order valence-corrected chi connectivity index (χ2v) is 6.92. The van der Waals surface area contributed by atoms with E-state index in [9.17, 15) is 0 Å². The van der Waals surface area contributed by atoms with Crippen LogP contribution in [0.5, 0.6) is 11.5 Å². The minimum Gasteiger partial charge on any atom is -0.496 e. The number of halogens is 3. The quantitative estimate of drug-likeness (QED) is 0.554. The fraction of sp³-hybridized carbons (Fsp3) is 0.250. The molecule has 2 nitrogen and oxygen atoms in total. The van der Waals surface area contributed by atoms with E-state index in [-0.39, 0.29) is 4.83 Å². The van der Waals surface area contributed by atoms with Crippen molar-refractivity contribution >= 4 is 43.5 Å². The molecule has 0 radical (unpaired) electrons. The van der Waals surface area contributed by atoms with Gasteiger partial charge in [-0.1, -0.05) is 39.7 Å². The lowest BCUT2D eigenvalue weighted by Gasteiger charge is -2.17. The Morgan fingerprint density at radius 2 is 1.67 bits per heavy atom. The molecule has 0 saturated carbocycles. The monoisotopic (exact) mass is 432 g/mol. The lowest BCUT2D eigenvalue weighted by atomic mass is 10.0. The SMILES string of the molecule is COc1cc(C(Br)Cc2ccc(Cl)cc2)c(OC)cc1Br. The normalized spacial score (nSPS) is 12.0. The summed E-state index contributed by atoms with van der Waals surface area (Å²) < 4.78 is 11.7. The highest BCUT2D eigenvalue weighted by molar-refractivity contribution is 9.10. The van der Waals surface area contributed by atoms with E-state index in [2.05, 4.69) is 31.9 Å². The molecule has 2 aromatic carbocycles. The van der Waals surface area contributed by atoms with Crippen LogP contribution in [0, 0.1) is 0 Å². The fourth-order valence-corrected chi connectivity index (χ4v) is 3.41. The first kappa shape index (κ1) is 16.7. The van der Waals surface area contributed by atoms with Crippen LogP contribution in [0.4, 0.5) is 0 Å². The zero-order chi connectivity index (χ0) is 15.4. The summed E-state index contributed by atoms with van der Waals surface area (Å²) in [7, 11) is 3.32. The van der Waals surface area contributed by atoms with Crippen LogP contribution in [0.15, 0.2) is 40.9 Å². The van der Waals surface area contributed by atoms with Gasteiger partial charge in [0.1, 0.15) is 11.5 Å². The van der Waals surface area contributed by atoms with Gasteiger partial charge in [-0.3, -0.25) is 0 Å². The van der Waals surface area contributed by atoms with Crippen LogP contribution in [0.2, 0.25) is 5.02 Å². The molecule has 5 heteroatoms. The molecule has 2 rings (SSSR count). The summed E-state index contributed by atoms with van der Waals surface area (Å²) in [6.07, 6.45) is 0.832. The second-order valence-electron chi connectivity index (χ2n) is 4.53. The van der Waals surface area contributed by atoms with Crippen molar-refractivity contribution in [1.29, 1.82) is 0 Å². The third-order valence-corrected chi connectivity index (χ3v) is 4.86. The standard InChI is InChI=1S/C16H15Br2ClO2/c1-20-15-9-14(18)16(21-2)8-12(15)13(17)7-10-3-5-11(19)6-4-10/h3-6,8-9,13H,7H2,1-2H3. The molecule has 2 aromatic rings. The minimum atomic E-state index is 0.121. The average Bonchev–Trinajstić information content (AvgIpc) is 2.49. The van der Waals surface area contributed by atoms with Gasteiger partial charge >= 0.3 is 0 Å². The van der Waals surface area contributed by atoms with Crippen LogP contribution >= 0.6 is 43.5 Å². The first-order valence-corrected chi connectivity index (χ1v) is 8.43. The number of alkyl halides is 1. The first-order valence-electron chi connectivity index (χ1n) is 6.35. The highest BCUT2D eigenvalue weighted by Crippen LogP contribution is 2.40. The van der Waals surface area contributed by atoms with Gasteiger partial charge in [0.25, 0.3) is 0 Å². The van der Waals surface area contributed by atoms with Crippen LogP contribution in [0.1, 0.15) is 16.0 Å². The highest BCUT2D eigenvalue weighted by Gasteiger charge is 2.17. The molecule has 0 aromatic heterocycles. The summed E-state index contributed by atoms with van der Waals surface area (Å²) >= 11 is 13.1. The highest BCUT2D eigenvalue weighted by atomic mass is 79.9. The smallest absolute Gasteiger partial charge is 0.133 e. The molecule has 0 aliphatic carbocycles. The predicted molar refractivity (Wildman–Crippen MR) is 94.1 cm³/mol. The third kappa shape index (κ3) is 4.15. The van der Waals surface area contributed by atoms with Crippen molar-refractivity contribution in [3.63, 3.8) is 0 Å². The predicted octanol–water partition coefficient (Wildman–Crippen LogP) is 5.80. The Bertz CT molecular complexity index is 614. The summed E-state index contributed by atoms with van der Waals surface area (Å²) in [5.74, 6) is 1.60. The summed E-state index contributed by atoms with van der Waals surface area (Å²) in [5, 5.41) is 0.743. The summed E-state index contributed by atoms with van der Waals surface area (Å²) in [4.78, 5) is 0.121. The molecule has 1 atom stereocenters. The van der Waals surface area contributed by atoms with Gasteiger partial charge < -0.3 is 9.47 Å². The van der Waals surface area contributed by atoms with Gasteiger partial charge in [-0.05, 0) is 52.2 Å². The Morgan fingerprint density at radius 1 is 1.05 bits per heavy atom. The maximum Gasteiger partial charge on any atom is 0.133 e. The van der Waals surface area contributed by atoms with E-state index in [1.807, 2.05) is 36.4 Å². The summed E-state index contributed by atoms with van der Waals surface area (Å²) in [6.45, 7) is 0. The van der Waals surface area contributed by atoms with E-state index in [4.69, 9.17) is 21.1 Å². The van der Waals surface area contributed by atoms with Crippen molar-refractivity contribution in [2.75, 3.05) is 14.2 Å². The van der Waals surface area contributed by atoms with Gasteiger partial charge in [-0.2, -0.15) is 0 Å². The molecule has 21 heavy (non-hydrogen) atoms. The molecule has 0 bridgehead atoms. The maximum absolute atomic E-state index is 5.92. The van der Waals surface area contributed by atoms with Gasteiger partial charge in [-0.25, -0.2) is 0 Å². The molecule has 0 fully saturated rings. The van der Waals surface area contributed by atoms with E-state index in [1.54, 1.807) is 14.2 Å². The van der Waals surface area contributed by atoms with Crippen molar-refractivity contribution in [1.82, 2.24) is 0 Å². The molecular formula is C16H15Br2ClO2. The van der Waals surface area contributed by atoms with Gasteiger partial charge in [0.05, 0.1) is 18.7 Å². The van der Waals surface area contributed by atoms with Gasteiger partial charge in [0.2, 0.25) is 0 Å². The number of rotatable bonds is 5. The molecule has 0 aliphatic rings. The molecule has 0 saturated heterocycles. The van der Waals surface area contributed by atoms with E-state index in [1.165, 1.54) is 5.56 Å². The number of methoxy groups -OCH3 is 2. The van der Waals surface area contributed by atoms with Gasteiger partial charge in [0.15, 0.2) is 0 Å². The van der Waals surface area contributed by atoms with Crippen LogP contribution in [0.25, 0.3) is 0 Å². The lowest BCUT2D eigenvalue weighted by molar-refractivity contribution is 0.396. The topological polar surface area (TPSA) is 18.5 Å². The van der Waals surface area contributed by atoms with Gasteiger partial charge in [-0.15, -0.1) is 0 Å². The maximum atomic E-state index is 5.92. The summed E-state index contributed by atoms with van der Waals surface area (Å²) in [6, 6.07) is 11.8.